The zero-order valence-corrected chi connectivity index (χ0v) is 12.7. The molecule has 114 valence electrons. The Morgan fingerprint density at radius 2 is 2.14 bits per heavy atom. The fourth-order valence-corrected chi connectivity index (χ4v) is 3.05. The van der Waals surface area contributed by atoms with Gasteiger partial charge in [0.2, 0.25) is 0 Å². The molecular weight excluding hydrogens is 268 g/mol. The van der Waals surface area contributed by atoms with E-state index in [0.29, 0.717) is 17.3 Å². The van der Waals surface area contributed by atoms with Gasteiger partial charge in [0.05, 0.1) is 4.92 Å². The van der Waals surface area contributed by atoms with Crippen LogP contribution in [0.5, 0.6) is 0 Å². The van der Waals surface area contributed by atoms with Crippen molar-refractivity contribution in [3.05, 3.63) is 33.9 Å². The molecule has 1 unspecified atom stereocenters. The summed E-state index contributed by atoms with van der Waals surface area (Å²) in [5, 5.41) is 11.4. The molecule has 1 atom stereocenters. The number of ketones is 1. The lowest BCUT2D eigenvalue weighted by Gasteiger charge is -2.31. The molecule has 0 spiro atoms. The zero-order chi connectivity index (χ0) is 15.4. The average molecular weight is 290 g/mol. The van der Waals surface area contributed by atoms with Crippen molar-refractivity contribution in [3.63, 3.8) is 0 Å². The maximum atomic E-state index is 11.4. The Hall–Kier alpha value is -1.91. The van der Waals surface area contributed by atoms with Gasteiger partial charge in [0.25, 0.3) is 5.69 Å². The smallest absolute Gasteiger partial charge is 0.293 e. The van der Waals surface area contributed by atoms with Crippen LogP contribution in [0.25, 0.3) is 0 Å². The van der Waals surface area contributed by atoms with Gasteiger partial charge in [0.15, 0.2) is 5.78 Å². The molecule has 1 aliphatic rings. The van der Waals surface area contributed by atoms with Gasteiger partial charge >= 0.3 is 0 Å². The highest BCUT2D eigenvalue weighted by molar-refractivity contribution is 5.95. The Morgan fingerprint density at radius 3 is 2.76 bits per heavy atom. The van der Waals surface area contributed by atoms with Crippen molar-refractivity contribution in [2.75, 3.05) is 11.4 Å². The summed E-state index contributed by atoms with van der Waals surface area (Å²) in [5.41, 5.74) is 1.09. The molecule has 0 bridgehead atoms. The quantitative estimate of drug-likeness (QED) is 0.478. The molecule has 1 saturated heterocycles. The van der Waals surface area contributed by atoms with Gasteiger partial charge in [-0.1, -0.05) is 19.8 Å². The minimum absolute atomic E-state index is 0.0445. The van der Waals surface area contributed by atoms with E-state index in [1.54, 1.807) is 12.1 Å². The van der Waals surface area contributed by atoms with Gasteiger partial charge in [-0.3, -0.25) is 14.9 Å². The van der Waals surface area contributed by atoms with Crippen LogP contribution in [0.3, 0.4) is 0 Å². The molecule has 1 aromatic rings. The lowest BCUT2D eigenvalue weighted by Crippen LogP contribution is -2.34. The molecule has 5 nitrogen and oxygen atoms in total. The van der Waals surface area contributed by atoms with E-state index in [0.717, 1.165) is 25.8 Å². The van der Waals surface area contributed by atoms with Crippen LogP contribution in [0.2, 0.25) is 0 Å². The van der Waals surface area contributed by atoms with E-state index in [-0.39, 0.29) is 16.4 Å². The first kappa shape index (κ1) is 15.5. The van der Waals surface area contributed by atoms with E-state index in [1.165, 1.54) is 25.8 Å². The molecule has 0 amide bonds. The van der Waals surface area contributed by atoms with Crippen LogP contribution in [0.15, 0.2) is 18.2 Å². The molecule has 0 aromatic heterocycles. The normalized spacial score (nSPS) is 19.1. The molecule has 0 N–H and O–H groups in total. The maximum Gasteiger partial charge on any atom is 0.293 e. The van der Waals surface area contributed by atoms with Crippen molar-refractivity contribution in [3.8, 4) is 0 Å². The predicted molar refractivity (Wildman–Crippen MR) is 83.0 cm³/mol. The van der Waals surface area contributed by atoms with Crippen molar-refractivity contribution in [1.29, 1.82) is 0 Å². The third-order valence-electron chi connectivity index (χ3n) is 4.24. The maximum absolute atomic E-state index is 11.4. The summed E-state index contributed by atoms with van der Waals surface area (Å²) in [6.45, 7) is 4.40. The molecule has 1 heterocycles. The van der Waals surface area contributed by atoms with Crippen molar-refractivity contribution in [2.24, 2.45) is 0 Å². The molecular formula is C16H22N2O3. The molecule has 1 aliphatic heterocycles. The third-order valence-corrected chi connectivity index (χ3v) is 4.24. The zero-order valence-electron chi connectivity index (χ0n) is 12.7. The Balaban J connectivity index is 2.45. The van der Waals surface area contributed by atoms with Gasteiger partial charge in [0, 0.05) is 24.2 Å². The molecule has 21 heavy (non-hydrogen) atoms. The number of anilines is 1. The molecule has 5 heteroatoms. The van der Waals surface area contributed by atoms with Crippen molar-refractivity contribution in [2.45, 2.75) is 52.0 Å². The monoisotopic (exact) mass is 290 g/mol. The van der Waals surface area contributed by atoms with E-state index in [2.05, 4.69) is 11.8 Å². The molecule has 0 radical (unpaired) electrons. The fourth-order valence-electron chi connectivity index (χ4n) is 3.05. The Bertz CT molecular complexity index is 542. The van der Waals surface area contributed by atoms with Crippen LogP contribution in [0.4, 0.5) is 11.4 Å². The first-order chi connectivity index (χ1) is 10.0. The Kier molecular flexibility index (Phi) is 4.94. The summed E-state index contributed by atoms with van der Waals surface area (Å²) in [4.78, 5) is 24.6. The Morgan fingerprint density at radius 1 is 1.38 bits per heavy atom. The number of carbonyl (C=O) groups is 1. The largest absolute Gasteiger partial charge is 0.363 e. The van der Waals surface area contributed by atoms with E-state index in [4.69, 9.17) is 0 Å². The summed E-state index contributed by atoms with van der Waals surface area (Å²) in [6.07, 6.45) is 5.45. The number of nitro groups is 1. The first-order valence-corrected chi connectivity index (χ1v) is 7.60. The van der Waals surface area contributed by atoms with Crippen molar-refractivity contribution in [1.82, 2.24) is 0 Å². The van der Waals surface area contributed by atoms with Gasteiger partial charge in [0.1, 0.15) is 5.69 Å². The minimum atomic E-state index is -0.376. The topological polar surface area (TPSA) is 63.5 Å². The van der Waals surface area contributed by atoms with Gasteiger partial charge in [-0.05, 0) is 38.3 Å². The summed E-state index contributed by atoms with van der Waals surface area (Å²) in [6, 6.07) is 5.19. The number of carbonyl (C=O) groups excluding carboxylic acids is 1. The van der Waals surface area contributed by atoms with Gasteiger partial charge in [-0.15, -0.1) is 0 Å². The number of hydrogen-bond donors (Lipinski definition) is 0. The van der Waals surface area contributed by atoms with E-state index < -0.39 is 0 Å². The summed E-state index contributed by atoms with van der Waals surface area (Å²) in [5.74, 6) is -0.146. The third kappa shape index (κ3) is 3.40. The Labute approximate surface area is 125 Å². The summed E-state index contributed by atoms with van der Waals surface area (Å²) in [7, 11) is 0. The molecule has 1 aromatic carbocycles. The predicted octanol–water partition coefficient (Wildman–Crippen LogP) is 3.96. The van der Waals surface area contributed by atoms with Crippen LogP contribution in [0.1, 0.15) is 56.3 Å². The standard InChI is InChI=1S/C16H22N2O3/c1-3-14-7-5-4-6-10-17(14)15-9-8-13(12(2)19)11-16(15)18(20)21/h8-9,11,14H,3-7,10H2,1-2H3. The first-order valence-electron chi connectivity index (χ1n) is 7.60. The van der Waals surface area contributed by atoms with E-state index in [1.807, 2.05) is 0 Å². The highest BCUT2D eigenvalue weighted by Gasteiger charge is 2.26. The number of Topliss-reactive ketones (excluding diaryl/α,β-unsaturated/α-hetero) is 1. The number of hydrogen-bond acceptors (Lipinski definition) is 4. The second-order valence-corrected chi connectivity index (χ2v) is 5.62. The number of rotatable bonds is 4. The van der Waals surface area contributed by atoms with Crippen LogP contribution >= 0.6 is 0 Å². The highest BCUT2D eigenvalue weighted by atomic mass is 16.6. The second-order valence-electron chi connectivity index (χ2n) is 5.62. The lowest BCUT2D eigenvalue weighted by molar-refractivity contribution is -0.384. The number of nitrogens with zero attached hydrogens (tertiary/aromatic N) is 2. The summed E-state index contributed by atoms with van der Waals surface area (Å²) < 4.78 is 0. The van der Waals surface area contributed by atoms with E-state index >= 15 is 0 Å². The van der Waals surface area contributed by atoms with Crippen molar-refractivity contribution < 1.29 is 9.72 Å². The second kappa shape index (κ2) is 6.70. The average Bonchev–Trinajstić information content (AvgIpc) is 2.71. The van der Waals surface area contributed by atoms with Crippen LogP contribution < -0.4 is 4.90 Å². The van der Waals surface area contributed by atoms with Crippen LogP contribution in [0, 0.1) is 10.1 Å². The molecule has 0 saturated carbocycles. The lowest BCUT2D eigenvalue weighted by atomic mass is 10.0. The number of nitro benzene ring substituents is 1. The molecule has 0 aliphatic carbocycles. The minimum Gasteiger partial charge on any atom is -0.363 e. The number of benzene rings is 1. The van der Waals surface area contributed by atoms with Gasteiger partial charge in [-0.25, -0.2) is 0 Å². The van der Waals surface area contributed by atoms with Gasteiger partial charge < -0.3 is 4.90 Å². The highest BCUT2D eigenvalue weighted by Crippen LogP contribution is 2.34. The summed E-state index contributed by atoms with van der Waals surface area (Å²) >= 11 is 0. The SMILES string of the molecule is CCC1CCCCCN1c1ccc(C(C)=O)cc1[N+](=O)[O-]. The van der Waals surface area contributed by atoms with Crippen LogP contribution in [-0.4, -0.2) is 23.3 Å². The van der Waals surface area contributed by atoms with Crippen molar-refractivity contribution >= 4 is 17.2 Å². The fraction of sp³-hybridized carbons (Fsp3) is 0.562. The van der Waals surface area contributed by atoms with Crippen LogP contribution in [-0.2, 0) is 0 Å². The van der Waals surface area contributed by atoms with E-state index in [9.17, 15) is 14.9 Å². The molecule has 1 fully saturated rings. The van der Waals surface area contributed by atoms with Gasteiger partial charge in [-0.2, -0.15) is 0 Å². The molecule has 2 rings (SSSR count).